The first-order chi connectivity index (χ1) is 10.8. The Kier molecular flexibility index (Phi) is 6.67. The molecule has 0 spiro atoms. The van der Waals surface area contributed by atoms with Crippen LogP contribution in [0.5, 0.6) is 5.75 Å². The van der Waals surface area contributed by atoms with Crippen molar-refractivity contribution in [2.24, 2.45) is 5.73 Å². The van der Waals surface area contributed by atoms with E-state index in [0.717, 1.165) is 6.20 Å². The predicted molar refractivity (Wildman–Crippen MR) is 86.6 cm³/mol. The van der Waals surface area contributed by atoms with Gasteiger partial charge in [-0.2, -0.15) is 5.10 Å². The Morgan fingerprint density at radius 3 is 2.67 bits per heavy atom. The number of halogens is 3. The average molecular weight is 383 g/mol. The molecule has 0 saturated carbocycles. The molecule has 0 aliphatic heterocycles. The Labute approximate surface area is 144 Å². The molecule has 0 amide bonds. The van der Waals surface area contributed by atoms with Gasteiger partial charge in [-0.1, -0.05) is 12.1 Å². The molecule has 0 radical (unpaired) electrons. The summed E-state index contributed by atoms with van der Waals surface area (Å²) in [6.07, 6.45) is 2.27. The summed E-state index contributed by atoms with van der Waals surface area (Å²) in [4.78, 5) is -0.240. The van der Waals surface area contributed by atoms with E-state index in [0.29, 0.717) is 11.4 Å². The molecule has 0 fully saturated rings. The summed E-state index contributed by atoms with van der Waals surface area (Å²) >= 11 is 0. The Bertz CT molecular complexity index is 783. The number of benzene rings is 1. The number of nitrogens with one attached hydrogen (secondary N) is 1. The first kappa shape index (κ1) is 20.3. The highest BCUT2D eigenvalue weighted by atomic mass is 35.5. The molecule has 2 aromatic rings. The third-order valence-corrected chi connectivity index (χ3v) is 4.38. The van der Waals surface area contributed by atoms with Crippen LogP contribution in [-0.2, 0) is 10.0 Å². The van der Waals surface area contributed by atoms with Crippen LogP contribution in [-0.4, -0.2) is 44.3 Å². The topological polar surface area (TPSA) is 99.2 Å². The number of rotatable bonds is 7. The average Bonchev–Trinajstić information content (AvgIpc) is 3.04. The molecule has 3 N–H and O–H groups in total. The van der Waals surface area contributed by atoms with Crippen molar-refractivity contribution in [3.05, 3.63) is 36.7 Å². The molecule has 0 bridgehead atoms. The molecule has 1 heterocycles. The minimum atomic E-state index is -4.12. The number of hydrogen-bond donors (Lipinski definition) is 2. The zero-order chi connectivity index (χ0) is 17.1. The summed E-state index contributed by atoms with van der Waals surface area (Å²) in [6, 6.07) is 6.84. The van der Waals surface area contributed by atoms with Crippen LogP contribution in [0.3, 0.4) is 0 Å². The molecule has 1 aromatic heterocycles. The highest BCUT2D eigenvalue weighted by molar-refractivity contribution is 7.89. The number of para-hydroxylation sites is 2. The van der Waals surface area contributed by atoms with Crippen LogP contribution in [0.2, 0.25) is 0 Å². The van der Waals surface area contributed by atoms with Gasteiger partial charge in [-0.3, -0.25) is 0 Å². The summed E-state index contributed by atoms with van der Waals surface area (Å²) in [7, 11) is -2.65. The second-order valence-electron chi connectivity index (χ2n) is 4.68. The van der Waals surface area contributed by atoms with Gasteiger partial charge in [0.1, 0.15) is 16.3 Å². The van der Waals surface area contributed by atoms with Crippen LogP contribution >= 0.6 is 12.4 Å². The second-order valence-corrected chi connectivity index (χ2v) is 6.44. The SMILES string of the molecule is COc1ccccc1-n1cc(S(=O)(=O)NCC(F)(F)CN)cn1.Cl. The Morgan fingerprint density at radius 2 is 2.04 bits per heavy atom. The molecule has 7 nitrogen and oxygen atoms in total. The largest absolute Gasteiger partial charge is 0.494 e. The minimum Gasteiger partial charge on any atom is -0.494 e. The van der Waals surface area contributed by atoms with E-state index in [1.54, 1.807) is 24.3 Å². The number of ether oxygens (including phenoxy) is 1. The van der Waals surface area contributed by atoms with E-state index in [9.17, 15) is 17.2 Å². The maximum absolute atomic E-state index is 13.1. The van der Waals surface area contributed by atoms with Gasteiger partial charge in [0.15, 0.2) is 0 Å². The summed E-state index contributed by atoms with van der Waals surface area (Å²) in [6.45, 7) is -2.03. The van der Waals surface area contributed by atoms with E-state index >= 15 is 0 Å². The van der Waals surface area contributed by atoms with Crippen molar-refractivity contribution >= 4 is 22.4 Å². The molecule has 2 rings (SSSR count). The van der Waals surface area contributed by atoms with Crippen LogP contribution in [0, 0.1) is 0 Å². The van der Waals surface area contributed by atoms with Crippen molar-refractivity contribution in [3.63, 3.8) is 0 Å². The standard InChI is InChI=1S/C13H16F2N4O3S.ClH/c1-22-12-5-3-2-4-11(12)19-7-10(6-17-19)23(20,21)18-9-13(14,15)8-16;/h2-7,18H,8-9,16H2,1H3;1H. The molecule has 0 unspecified atom stereocenters. The summed E-state index contributed by atoms with van der Waals surface area (Å²) in [5.74, 6) is -2.83. The van der Waals surface area contributed by atoms with Crippen LogP contribution in [0.15, 0.2) is 41.6 Å². The molecule has 0 aliphatic rings. The zero-order valence-corrected chi connectivity index (χ0v) is 14.3. The molecule has 11 heteroatoms. The lowest BCUT2D eigenvalue weighted by molar-refractivity contribution is 0.0170. The Morgan fingerprint density at radius 1 is 1.38 bits per heavy atom. The molecule has 0 saturated heterocycles. The van der Waals surface area contributed by atoms with E-state index in [4.69, 9.17) is 10.5 Å². The van der Waals surface area contributed by atoms with Gasteiger partial charge in [-0.15, -0.1) is 12.4 Å². The number of methoxy groups -OCH3 is 1. The monoisotopic (exact) mass is 382 g/mol. The van der Waals surface area contributed by atoms with E-state index in [1.807, 2.05) is 4.72 Å². The molecular weight excluding hydrogens is 366 g/mol. The van der Waals surface area contributed by atoms with Crippen LogP contribution < -0.4 is 15.2 Å². The smallest absolute Gasteiger partial charge is 0.273 e. The first-order valence-electron chi connectivity index (χ1n) is 6.55. The molecular formula is C13H17ClF2N4O3S. The van der Waals surface area contributed by atoms with Gasteiger partial charge in [-0.25, -0.2) is 26.6 Å². The molecule has 134 valence electrons. The highest BCUT2D eigenvalue weighted by Gasteiger charge is 2.30. The van der Waals surface area contributed by atoms with E-state index < -0.39 is 29.0 Å². The van der Waals surface area contributed by atoms with E-state index in [2.05, 4.69) is 5.10 Å². The summed E-state index contributed by atoms with van der Waals surface area (Å²) in [5.41, 5.74) is 5.39. The lowest BCUT2D eigenvalue weighted by Gasteiger charge is -2.14. The number of sulfonamides is 1. The quantitative estimate of drug-likeness (QED) is 0.749. The van der Waals surface area contributed by atoms with Crippen LogP contribution in [0.25, 0.3) is 5.69 Å². The normalized spacial score (nSPS) is 11.8. The van der Waals surface area contributed by atoms with Gasteiger partial charge in [0.2, 0.25) is 10.0 Å². The van der Waals surface area contributed by atoms with E-state index in [-0.39, 0.29) is 17.3 Å². The van der Waals surface area contributed by atoms with Crippen molar-refractivity contribution in [2.75, 3.05) is 20.2 Å². The number of hydrogen-bond acceptors (Lipinski definition) is 5. The lowest BCUT2D eigenvalue weighted by atomic mass is 10.3. The van der Waals surface area contributed by atoms with E-state index in [1.165, 1.54) is 18.0 Å². The highest BCUT2D eigenvalue weighted by Crippen LogP contribution is 2.22. The van der Waals surface area contributed by atoms with Crippen molar-refractivity contribution in [1.82, 2.24) is 14.5 Å². The van der Waals surface area contributed by atoms with Crippen LogP contribution in [0.4, 0.5) is 8.78 Å². The van der Waals surface area contributed by atoms with Gasteiger partial charge in [0, 0.05) is 0 Å². The fourth-order valence-electron chi connectivity index (χ4n) is 1.75. The maximum Gasteiger partial charge on any atom is 0.273 e. The third kappa shape index (κ3) is 4.63. The van der Waals surface area contributed by atoms with Gasteiger partial charge < -0.3 is 10.5 Å². The van der Waals surface area contributed by atoms with Crippen molar-refractivity contribution in [2.45, 2.75) is 10.8 Å². The third-order valence-electron chi connectivity index (χ3n) is 3.02. The summed E-state index contributed by atoms with van der Waals surface area (Å²) in [5, 5.41) is 3.93. The predicted octanol–water partition coefficient (Wildman–Crippen LogP) is 1.17. The lowest BCUT2D eigenvalue weighted by Crippen LogP contribution is -2.41. The maximum atomic E-state index is 13.1. The van der Waals surface area contributed by atoms with Gasteiger partial charge in [0.05, 0.1) is 32.6 Å². The Hall–Kier alpha value is -1.75. The Balaban J connectivity index is 0.00000288. The molecule has 0 atom stereocenters. The van der Waals surface area contributed by atoms with Crippen molar-refractivity contribution in [1.29, 1.82) is 0 Å². The summed E-state index contributed by atoms with van der Waals surface area (Å²) < 4.78 is 58.5. The fourth-order valence-corrected chi connectivity index (χ4v) is 2.74. The van der Waals surface area contributed by atoms with Crippen molar-refractivity contribution < 1.29 is 21.9 Å². The number of aromatic nitrogens is 2. The fraction of sp³-hybridized carbons (Fsp3) is 0.308. The van der Waals surface area contributed by atoms with Gasteiger partial charge >= 0.3 is 0 Å². The van der Waals surface area contributed by atoms with Crippen LogP contribution in [0.1, 0.15) is 0 Å². The number of alkyl halides is 2. The van der Waals surface area contributed by atoms with Gasteiger partial charge in [0.25, 0.3) is 5.92 Å². The minimum absolute atomic E-state index is 0. The molecule has 0 aliphatic carbocycles. The second kappa shape index (κ2) is 7.88. The molecule has 1 aromatic carbocycles. The first-order valence-corrected chi connectivity index (χ1v) is 8.03. The van der Waals surface area contributed by atoms with Gasteiger partial charge in [-0.05, 0) is 12.1 Å². The number of nitrogens with zero attached hydrogens (tertiary/aromatic N) is 2. The molecule has 24 heavy (non-hydrogen) atoms. The van der Waals surface area contributed by atoms with Crippen molar-refractivity contribution in [3.8, 4) is 11.4 Å². The number of nitrogens with two attached hydrogens (primary N) is 1. The zero-order valence-electron chi connectivity index (χ0n) is 12.6.